The van der Waals surface area contributed by atoms with Gasteiger partial charge in [-0.25, -0.2) is 0 Å². The predicted molar refractivity (Wildman–Crippen MR) is 277 cm³/mol. The quantitative estimate of drug-likeness (QED) is 0.101. The molecule has 2 aliphatic rings. The fourth-order valence-corrected chi connectivity index (χ4v) is 61.3. The molecule has 0 radical (unpaired) electrons. The van der Waals surface area contributed by atoms with Gasteiger partial charge in [0, 0.05) is 0 Å². The number of halogens is 2. The van der Waals surface area contributed by atoms with Crippen LogP contribution in [0.15, 0.2) is 217 Å². The summed E-state index contributed by atoms with van der Waals surface area (Å²) < 4.78 is -0.157. The van der Waals surface area contributed by atoms with Crippen LogP contribution in [0.5, 0.6) is 0 Å². The van der Waals surface area contributed by atoms with E-state index in [1.807, 2.05) is 0 Å². The second kappa shape index (κ2) is 18.1. The maximum absolute atomic E-state index is 9.49. The van der Waals surface area contributed by atoms with E-state index in [0.29, 0.717) is 0 Å². The Kier molecular flexibility index (Phi) is 12.1. The monoisotopic (exact) mass is 961 g/mol. The van der Waals surface area contributed by atoms with Crippen molar-refractivity contribution in [3.8, 4) is 44.5 Å². The Labute approximate surface area is 388 Å². The van der Waals surface area contributed by atoms with E-state index in [2.05, 4.69) is 232 Å². The number of benzene rings is 8. The van der Waals surface area contributed by atoms with Gasteiger partial charge in [0.1, 0.15) is 0 Å². The van der Waals surface area contributed by atoms with E-state index in [1.165, 1.54) is 88.3 Å². The summed E-state index contributed by atoms with van der Waals surface area (Å²) in [5, 5.41) is 2.66. The topological polar surface area (TPSA) is 0 Å². The van der Waals surface area contributed by atoms with E-state index in [4.69, 9.17) is 0 Å². The Hall–Kier alpha value is -5.08. The molecular weight excluding hydrogens is 911 g/mol. The third kappa shape index (κ3) is 7.61. The summed E-state index contributed by atoms with van der Waals surface area (Å²) in [5.41, 5.74) is 17.8. The summed E-state index contributed by atoms with van der Waals surface area (Å²) in [5.74, 6) is -2.45. The third-order valence-corrected chi connectivity index (χ3v) is 55.8. The van der Waals surface area contributed by atoms with Gasteiger partial charge < -0.3 is 0 Å². The first-order valence-corrected chi connectivity index (χ1v) is 38.2. The summed E-state index contributed by atoms with van der Waals surface area (Å²) >= 11 is -5.60. The van der Waals surface area contributed by atoms with Crippen molar-refractivity contribution in [3.05, 3.63) is 240 Å². The van der Waals surface area contributed by atoms with Gasteiger partial charge in [0.05, 0.1) is 0 Å². The molecule has 0 nitrogen and oxygen atoms in total. The fourth-order valence-electron chi connectivity index (χ4n) is 11.3. The van der Waals surface area contributed by atoms with Gasteiger partial charge in [-0.2, -0.15) is 0 Å². The van der Waals surface area contributed by atoms with Crippen LogP contribution in [-0.2, 0) is 15.6 Å². The molecular formula is C60H53Cl2SiZr. The summed E-state index contributed by atoms with van der Waals surface area (Å²) in [7, 11) is 19.0. The van der Waals surface area contributed by atoms with Gasteiger partial charge in [0.15, 0.2) is 0 Å². The number of fused-ring (bicyclic) bond motifs is 2. The molecule has 0 spiro atoms. The van der Waals surface area contributed by atoms with E-state index in [9.17, 15) is 17.0 Å². The van der Waals surface area contributed by atoms with Crippen LogP contribution >= 0.6 is 17.0 Å². The molecule has 2 unspecified atom stereocenters. The zero-order valence-electron chi connectivity index (χ0n) is 36.6. The van der Waals surface area contributed by atoms with Crippen LogP contribution in [0.2, 0.25) is 0 Å². The Morgan fingerprint density at radius 2 is 0.703 bits per heavy atom. The first-order valence-electron chi connectivity index (χ1n) is 23.0. The number of rotatable bonds is 13. The minimum absolute atomic E-state index is 0.0784. The third-order valence-electron chi connectivity index (χ3n) is 13.9. The van der Waals surface area contributed by atoms with Gasteiger partial charge >= 0.3 is 392 Å². The fraction of sp³-hybridized carbons (Fsp3) is 0.133. The molecule has 0 amide bonds. The van der Waals surface area contributed by atoms with Crippen LogP contribution in [-0.4, -0.2) is 5.92 Å². The van der Waals surface area contributed by atoms with E-state index in [0.717, 1.165) is 25.7 Å². The molecule has 0 saturated carbocycles. The molecule has 2 atom stereocenters. The van der Waals surface area contributed by atoms with Crippen LogP contribution in [0.25, 0.3) is 56.7 Å². The average molecular weight is 964 g/mol. The molecule has 2 aliphatic carbocycles. The van der Waals surface area contributed by atoms with Crippen LogP contribution in [0.3, 0.4) is 0 Å². The predicted octanol–water partition coefficient (Wildman–Crippen LogP) is 16.1. The zero-order valence-corrected chi connectivity index (χ0v) is 41.7. The maximum atomic E-state index is 9.49. The minimum atomic E-state index is -5.60. The molecule has 0 N–H and O–H groups in total. The van der Waals surface area contributed by atoms with Crippen LogP contribution in [0.4, 0.5) is 0 Å². The summed E-state index contributed by atoms with van der Waals surface area (Å²) in [4.78, 5) is 0. The Balaban J connectivity index is 1.21. The molecule has 0 saturated heterocycles. The van der Waals surface area contributed by atoms with Crippen molar-refractivity contribution in [2.24, 2.45) is 0 Å². The van der Waals surface area contributed by atoms with Crippen molar-refractivity contribution in [1.82, 2.24) is 0 Å². The van der Waals surface area contributed by atoms with Gasteiger partial charge in [-0.3, -0.25) is 0 Å². The summed E-state index contributed by atoms with van der Waals surface area (Å²) in [6.45, 7) is 4.62. The molecule has 4 heteroatoms. The Morgan fingerprint density at radius 1 is 0.375 bits per heavy atom. The van der Waals surface area contributed by atoms with E-state index < -0.39 is 21.5 Å². The average Bonchev–Trinajstić information content (AvgIpc) is 3.93. The van der Waals surface area contributed by atoms with Crippen LogP contribution in [0.1, 0.15) is 69.0 Å². The molecule has 315 valence electrons. The zero-order chi connectivity index (χ0) is 43.7. The van der Waals surface area contributed by atoms with Crippen LogP contribution in [0, 0.1) is 0 Å². The van der Waals surface area contributed by atoms with Gasteiger partial charge in [-0.15, -0.1) is 0 Å². The van der Waals surface area contributed by atoms with Crippen molar-refractivity contribution in [2.45, 2.75) is 46.8 Å². The van der Waals surface area contributed by atoms with E-state index in [1.54, 1.807) is 0 Å². The van der Waals surface area contributed by atoms with E-state index >= 15 is 0 Å². The molecule has 0 heterocycles. The van der Waals surface area contributed by atoms with Gasteiger partial charge in [0.25, 0.3) is 0 Å². The van der Waals surface area contributed by atoms with E-state index in [-0.39, 0.29) is 7.25 Å². The molecule has 0 bridgehead atoms. The number of allylic oxidation sites excluding steroid dienone is 2. The van der Waals surface area contributed by atoms with Gasteiger partial charge in [-0.05, 0) is 0 Å². The van der Waals surface area contributed by atoms with Gasteiger partial charge in [-0.1, -0.05) is 0 Å². The Bertz CT molecular complexity index is 2780. The Morgan fingerprint density at radius 3 is 1.06 bits per heavy atom. The second-order valence-corrected chi connectivity index (χ2v) is 55.9. The molecule has 0 fully saturated rings. The van der Waals surface area contributed by atoms with Crippen molar-refractivity contribution < 1.29 is 15.6 Å². The van der Waals surface area contributed by atoms with Crippen molar-refractivity contribution in [1.29, 1.82) is 0 Å². The SMILES string of the molecule is CCCC1=Cc2c(-c3ccc(-c4ccccc4)cc3)cccc2[CH]1[Zr]([Cl])([Cl])([CH]1C(CCC)=Cc2c(-c3ccc(-c4ccccc4)cc3)cccc21)[SiH](c1ccccc1)c1ccccc1. The van der Waals surface area contributed by atoms with Gasteiger partial charge in [0.2, 0.25) is 0 Å². The molecule has 0 aliphatic heterocycles. The van der Waals surface area contributed by atoms with Crippen molar-refractivity contribution in [3.63, 3.8) is 0 Å². The standard InChI is InChI=1S/2C24H21.C12H11Si.2ClH.Zr/c2*1-2-7-18-16-22-10-6-11-23(24(22)17-18)21-14-12-20(13-15-21)19-8-4-3-5-9-19;1-3-7-11(8-4-1)13-12-9-5-2-6-10-12;;;/h2*3-6,8-17H,2,7H2,1H3;1-10,13H;2*1H;/q;;;;;+2/p-2. The molecule has 8 aromatic carbocycles. The molecule has 8 aromatic rings. The number of hydrogen-bond acceptors (Lipinski definition) is 0. The normalized spacial score (nSPS) is 16.1. The van der Waals surface area contributed by atoms with Crippen LogP contribution < -0.4 is 10.4 Å². The summed E-state index contributed by atoms with van der Waals surface area (Å²) in [6.07, 6.45) is 8.96. The number of hydrogen-bond donors (Lipinski definition) is 0. The molecule has 0 aromatic heterocycles. The molecule has 10 rings (SSSR count). The second-order valence-electron chi connectivity index (χ2n) is 17.8. The van der Waals surface area contributed by atoms with Crippen molar-refractivity contribution in [2.75, 3.05) is 0 Å². The summed E-state index contributed by atoms with van der Waals surface area (Å²) in [6, 6.07) is 75.9. The first-order chi connectivity index (χ1) is 31.4. The first kappa shape index (κ1) is 42.8. The van der Waals surface area contributed by atoms with Crippen molar-refractivity contribution >= 4 is 45.5 Å². The molecule has 64 heavy (non-hydrogen) atoms.